The third-order valence-corrected chi connectivity index (χ3v) is 4.45. The second kappa shape index (κ2) is 6.60. The van der Waals surface area contributed by atoms with E-state index < -0.39 is 0 Å². The predicted molar refractivity (Wildman–Crippen MR) is 83.6 cm³/mol. The zero-order valence-corrected chi connectivity index (χ0v) is 13.3. The third-order valence-electron chi connectivity index (χ3n) is 4.45. The van der Waals surface area contributed by atoms with Gasteiger partial charge in [-0.3, -0.25) is 9.78 Å². The molecule has 1 amide bonds. The highest BCUT2D eigenvalue weighted by Crippen LogP contribution is 2.24. The lowest BCUT2D eigenvalue weighted by Gasteiger charge is -2.39. The van der Waals surface area contributed by atoms with Gasteiger partial charge in [0.1, 0.15) is 5.82 Å². The molecule has 120 valence electrons. The van der Waals surface area contributed by atoms with Crippen LogP contribution in [0.3, 0.4) is 0 Å². The van der Waals surface area contributed by atoms with Gasteiger partial charge in [0.05, 0.1) is 18.4 Å². The largest absolute Gasteiger partial charge is 0.372 e. The van der Waals surface area contributed by atoms with Crippen LogP contribution in [0.4, 0.5) is 5.82 Å². The van der Waals surface area contributed by atoms with Crippen molar-refractivity contribution in [2.24, 2.45) is 5.92 Å². The number of aromatic nitrogens is 2. The van der Waals surface area contributed by atoms with Gasteiger partial charge in [-0.2, -0.15) is 0 Å². The normalized spacial score (nSPS) is 27.0. The number of amides is 1. The Kier molecular flexibility index (Phi) is 4.57. The second-order valence-corrected chi connectivity index (χ2v) is 6.33. The van der Waals surface area contributed by atoms with Gasteiger partial charge < -0.3 is 14.5 Å². The number of rotatable bonds is 2. The van der Waals surface area contributed by atoms with Crippen LogP contribution in [-0.4, -0.2) is 59.2 Å². The molecule has 1 aromatic rings. The predicted octanol–water partition coefficient (Wildman–Crippen LogP) is 1.33. The second-order valence-electron chi connectivity index (χ2n) is 6.33. The van der Waals surface area contributed by atoms with Crippen LogP contribution in [0.15, 0.2) is 18.6 Å². The number of nitrogens with zero attached hydrogens (tertiary/aromatic N) is 4. The van der Waals surface area contributed by atoms with Crippen LogP contribution >= 0.6 is 0 Å². The van der Waals surface area contributed by atoms with E-state index in [9.17, 15) is 4.79 Å². The van der Waals surface area contributed by atoms with E-state index in [1.54, 1.807) is 18.6 Å². The average Bonchev–Trinajstić information content (AvgIpc) is 2.54. The molecule has 0 spiro atoms. The van der Waals surface area contributed by atoms with E-state index in [0.717, 1.165) is 31.7 Å². The number of anilines is 1. The molecule has 2 unspecified atom stereocenters. The Bertz CT molecular complexity index is 492. The first-order valence-electron chi connectivity index (χ1n) is 8.08. The molecule has 0 saturated carbocycles. The minimum Gasteiger partial charge on any atom is -0.372 e. The van der Waals surface area contributed by atoms with Gasteiger partial charge in [-0.15, -0.1) is 0 Å². The standard InChI is InChI=1S/C16H24N4O2/c1-12-10-20(11-13(2)22-12)16(21)14-3-7-19(8-4-14)15-9-17-5-6-18-15/h5-6,9,12-14H,3-4,7-8,10-11H2,1-2H3. The number of carbonyl (C=O) groups is 1. The van der Waals surface area contributed by atoms with E-state index in [1.807, 2.05) is 18.7 Å². The average molecular weight is 304 g/mol. The van der Waals surface area contributed by atoms with Gasteiger partial charge in [-0.25, -0.2) is 4.98 Å². The van der Waals surface area contributed by atoms with Gasteiger partial charge in [-0.05, 0) is 26.7 Å². The maximum Gasteiger partial charge on any atom is 0.225 e. The molecular formula is C16H24N4O2. The summed E-state index contributed by atoms with van der Waals surface area (Å²) in [4.78, 5) is 25.4. The van der Waals surface area contributed by atoms with Crippen molar-refractivity contribution in [2.75, 3.05) is 31.1 Å². The quantitative estimate of drug-likeness (QED) is 0.825. The minimum atomic E-state index is 0.130. The maximum atomic E-state index is 12.7. The molecule has 6 heteroatoms. The first-order chi connectivity index (χ1) is 10.6. The Balaban J connectivity index is 1.56. The summed E-state index contributed by atoms with van der Waals surface area (Å²) >= 11 is 0. The lowest BCUT2D eigenvalue weighted by molar-refractivity contribution is -0.148. The molecule has 6 nitrogen and oxygen atoms in total. The molecular weight excluding hydrogens is 280 g/mol. The van der Waals surface area contributed by atoms with E-state index in [-0.39, 0.29) is 18.1 Å². The van der Waals surface area contributed by atoms with Crippen LogP contribution < -0.4 is 4.90 Å². The minimum absolute atomic E-state index is 0.130. The fraction of sp³-hybridized carbons (Fsp3) is 0.688. The van der Waals surface area contributed by atoms with Crippen molar-refractivity contribution in [2.45, 2.75) is 38.9 Å². The zero-order chi connectivity index (χ0) is 15.5. The maximum absolute atomic E-state index is 12.7. The summed E-state index contributed by atoms with van der Waals surface area (Å²) in [5.41, 5.74) is 0. The molecule has 2 aliphatic rings. The van der Waals surface area contributed by atoms with Crippen molar-refractivity contribution in [3.05, 3.63) is 18.6 Å². The summed E-state index contributed by atoms with van der Waals surface area (Å²) in [6, 6.07) is 0. The molecule has 2 aliphatic heterocycles. The molecule has 0 aliphatic carbocycles. The Hall–Kier alpha value is -1.69. The van der Waals surface area contributed by atoms with Gasteiger partial charge in [0, 0.05) is 44.5 Å². The van der Waals surface area contributed by atoms with Gasteiger partial charge in [0.25, 0.3) is 0 Å². The fourth-order valence-corrected chi connectivity index (χ4v) is 3.43. The number of carbonyl (C=O) groups excluding carboxylic acids is 1. The summed E-state index contributed by atoms with van der Waals surface area (Å²) in [6.07, 6.45) is 7.21. The third kappa shape index (κ3) is 3.38. The van der Waals surface area contributed by atoms with E-state index in [0.29, 0.717) is 19.0 Å². The van der Waals surface area contributed by atoms with Crippen molar-refractivity contribution in [1.29, 1.82) is 0 Å². The van der Waals surface area contributed by atoms with Crippen LogP contribution in [0, 0.1) is 5.92 Å². The van der Waals surface area contributed by atoms with Crippen LogP contribution in [0.2, 0.25) is 0 Å². The molecule has 3 heterocycles. The van der Waals surface area contributed by atoms with Gasteiger partial charge in [0.2, 0.25) is 5.91 Å². The Labute approximate surface area is 131 Å². The smallest absolute Gasteiger partial charge is 0.225 e. The van der Waals surface area contributed by atoms with E-state index in [2.05, 4.69) is 14.9 Å². The Morgan fingerprint density at radius 2 is 1.86 bits per heavy atom. The molecule has 0 aromatic carbocycles. The van der Waals surface area contributed by atoms with Gasteiger partial charge in [-0.1, -0.05) is 0 Å². The molecule has 22 heavy (non-hydrogen) atoms. The molecule has 2 atom stereocenters. The number of hydrogen-bond acceptors (Lipinski definition) is 5. The van der Waals surface area contributed by atoms with Crippen LogP contribution in [-0.2, 0) is 9.53 Å². The fourth-order valence-electron chi connectivity index (χ4n) is 3.43. The molecule has 0 N–H and O–H groups in total. The summed E-state index contributed by atoms with van der Waals surface area (Å²) in [6.45, 7) is 7.23. The summed E-state index contributed by atoms with van der Waals surface area (Å²) in [5, 5.41) is 0. The molecule has 1 aromatic heterocycles. The van der Waals surface area contributed by atoms with E-state index >= 15 is 0 Å². The molecule has 2 fully saturated rings. The highest BCUT2D eigenvalue weighted by atomic mass is 16.5. The van der Waals surface area contributed by atoms with Crippen molar-refractivity contribution in [3.63, 3.8) is 0 Å². The molecule has 2 saturated heterocycles. The molecule has 0 radical (unpaired) electrons. The SMILES string of the molecule is CC1CN(C(=O)C2CCN(c3cnccn3)CC2)CC(C)O1. The number of piperidine rings is 1. The van der Waals surface area contributed by atoms with E-state index in [4.69, 9.17) is 4.74 Å². The van der Waals surface area contributed by atoms with Crippen LogP contribution in [0.25, 0.3) is 0 Å². The monoisotopic (exact) mass is 304 g/mol. The lowest BCUT2D eigenvalue weighted by Crippen LogP contribution is -2.51. The van der Waals surface area contributed by atoms with Gasteiger partial charge in [0.15, 0.2) is 0 Å². The summed E-state index contributed by atoms with van der Waals surface area (Å²) in [5.74, 6) is 1.33. The Morgan fingerprint density at radius 1 is 1.18 bits per heavy atom. The Morgan fingerprint density at radius 3 is 2.45 bits per heavy atom. The lowest BCUT2D eigenvalue weighted by atomic mass is 9.94. The number of ether oxygens (including phenoxy) is 1. The summed E-state index contributed by atoms with van der Waals surface area (Å²) < 4.78 is 5.71. The zero-order valence-electron chi connectivity index (χ0n) is 13.3. The van der Waals surface area contributed by atoms with Crippen molar-refractivity contribution < 1.29 is 9.53 Å². The molecule has 0 bridgehead atoms. The van der Waals surface area contributed by atoms with Crippen molar-refractivity contribution in [3.8, 4) is 0 Å². The first-order valence-corrected chi connectivity index (χ1v) is 8.08. The van der Waals surface area contributed by atoms with Crippen LogP contribution in [0.1, 0.15) is 26.7 Å². The van der Waals surface area contributed by atoms with Gasteiger partial charge >= 0.3 is 0 Å². The number of morpholine rings is 1. The number of hydrogen-bond donors (Lipinski definition) is 0. The van der Waals surface area contributed by atoms with E-state index in [1.165, 1.54) is 0 Å². The highest BCUT2D eigenvalue weighted by molar-refractivity contribution is 5.79. The highest BCUT2D eigenvalue weighted by Gasteiger charge is 2.32. The summed E-state index contributed by atoms with van der Waals surface area (Å²) in [7, 11) is 0. The topological polar surface area (TPSA) is 58.6 Å². The van der Waals surface area contributed by atoms with Crippen LogP contribution in [0.5, 0.6) is 0 Å². The van der Waals surface area contributed by atoms with Crippen molar-refractivity contribution in [1.82, 2.24) is 14.9 Å². The molecule has 3 rings (SSSR count). The first kappa shape index (κ1) is 15.2. The van der Waals surface area contributed by atoms with Crippen molar-refractivity contribution >= 4 is 11.7 Å².